The van der Waals surface area contributed by atoms with Gasteiger partial charge in [0.15, 0.2) is 5.69 Å². The van der Waals surface area contributed by atoms with Gasteiger partial charge in [0.1, 0.15) is 5.82 Å². The molecule has 0 aliphatic heterocycles. The number of nitrogens with zero attached hydrogens (tertiary/aromatic N) is 2. The summed E-state index contributed by atoms with van der Waals surface area (Å²) in [6.07, 6.45) is 2.50. The van der Waals surface area contributed by atoms with Crippen LogP contribution in [0.15, 0.2) is 22.8 Å². The van der Waals surface area contributed by atoms with Gasteiger partial charge in [-0.25, -0.2) is 9.78 Å². The van der Waals surface area contributed by atoms with Crippen LogP contribution in [0.1, 0.15) is 23.2 Å². The van der Waals surface area contributed by atoms with Gasteiger partial charge in [-0.2, -0.15) is 0 Å². The minimum Gasteiger partial charge on any atom is -0.476 e. The fraction of sp³-hybridized carbons (Fsp3) is 0.333. The molecule has 0 radical (unpaired) electrons. The molecule has 0 saturated carbocycles. The Kier molecular flexibility index (Phi) is 3.68. The van der Waals surface area contributed by atoms with Crippen molar-refractivity contribution in [2.24, 2.45) is 0 Å². The Hall–Kier alpha value is -1.40. The monoisotopic (exact) mass is 311 g/mol. The van der Waals surface area contributed by atoms with Crippen LogP contribution in [0.5, 0.6) is 0 Å². The second-order valence-corrected chi connectivity index (χ2v) is 5.00. The van der Waals surface area contributed by atoms with Gasteiger partial charge in [-0.05, 0) is 42.0 Å². The summed E-state index contributed by atoms with van der Waals surface area (Å²) >= 11 is 3.37. The molecule has 1 atom stereocenters. The number of halogens is 1. The third-order valence-corrected chi connectivity index (χ3v) is 3.51. The molecule has 0 saturated heterocycles. The Labute approximate surface area is 113 Å². The van der Waals surface area contributed by atoms with E-state index in [0.717, 1.165) is 10.3 Å². The van der Waals surface area contributed by atoms with Crippen LogP contribution in [0.25, 0.3) is 5.52 Å². The molecule has 2 N–H and O–H groups in total. The lowest BCUT2D eigenvalue weighted by Crippen LogP contribution is -2.24. The van der Waals surface area contributed by atoms with Gasteiger partial charge in [0, 0.05) is 23.1 Å². The number of carbonyl (C=O) groups is 1. The number of aromatic carboxylic acids is 1. The molecule has 2 aromatic rings. The number of pyridine rings is 1. The number of carboxylic acid groups (broad SMARTS) is 1. The SMILES string of the molecule is CNC(C)Cc1nc(C(=O)O)c2c(Br)cccn12. The molecule has 1 unspecified atom stereocenters. The van der Waals surface area contributed by atoms with Crippen LogP contribution >= 0.6 is 15.9 Å². The van der Waals surface area contributed by atoms with Gasteiger partial charge in [-0.1, -0.05) is 0 Å². The maximum atomic E-state index is 11.2. The van der Waals surface area contributed by atoms with E-state index in [1.807, 2.05) is 36.7 Å². The first kappa shape index (κ1) is 13.0. The van der Waals surface area contributed by atoms with E-state index >= 15 is 0 Å². The first-order valence-electron chi connectivity index (χ1n) is 5.60. The summed E-state index contributed by atoms with van der Waals surface area (Å²) in [4.78, 5) is 15.5. The van der Waals surface area contributed by atoms with Crippen molar-refractivity contribution in [1.29, 1.82) is 0 Å². The van der Waals surface area contributed by atoms with Crippen molar-refractivity contribution in [3.05, 3.63) is 34.3 Å². The van der Waals surface area contributed by atoms with Crippen molar-refractivity contribution >= 4 is 27.4 Å². The molecule has 0 aliphatic carbocycles. The molecule has 6 heteroatoms. The fourth-order valence-electron chi connectivity index (χ4n) is 1.83. The number of imidazole rings is 1. The smallest absolute Gasteiger partial charge is 0.356 e. The van der Waals surface area contributed by atoms with Crippen LogP contribution in [0, 0.1) is 0 Å². The minimum atomic E-state index is -1.01. The van der Waals surface area contributed by atoms with E-state index in [0.29, 0.717) is 11.9 Å². The molecule has 96 valence electrons. The summed E-state index contributed by atoms with van der Waals surface area (Å²) in [7, 11) is 1.87. The molecular formula is C12H14BrN3O2. The summed E-state index contributed by atoms with van der Waals surface area (Å²) in [5, 5.41) is 12.3. The van der Waals surface area contributed by atoms with Crippen LogP contribution in [-0.4, -0.2) is 33.6 Å². The zero-order chi connectivity index (χ0) is 13.3. The molecule has 0 spiro atoms. The maximum Gasteiger partial charge on any atom is 0.356 e. The largest absolute Gasteiger partial charge is 0.476 e. The van der Waals surface area contributed by atoms with Crippen LogP contribution in [0.2, 0.25) is 0 Å². The van der Waals surface area contributed by atoms with E-state index in [-0.39, 0.29) is 11.7 Å². The van der Waals surface area contributed by atoms with Crippen LogP contribution in [0.3, 0.4) is 0 Å². The minimum absolute atomic E-state index is 0.0841. The average molecular weight is 312 g/mol. The van der Waals surface area contributed by atoms with E-state index in [2.05, 4.69) is 26.2 Å². The van der Waals surface area contributed by atoms with Gasteiger partial charge in [0.25, 0.3) is 0 Å². The van der Waals surface area contributed by atoms with Crippen LogP contribution < -0.4 is 5.32 Å². The normalized spacial score (nSPS) is 12.8. The summed E-state index contributed by atoms with van der Waals surface area (Å²) in [6.45, 7) is 2.03. The lowest BCUT2D eigenvalue weighted by Gasteiger charge is -2.08. The number of likely N-dealkylation sites (N-methyl/N-ethyl adjacent to an activating group) is 1. The van der Waals surface area contributed by atoms with Crippen molar-refractivity contribution in [3.63, 3.8) is 0 Å². The van der Waals surface area contributed by atoms with Gasteiger partial charge in [0.2, 0.25) is 0 Å². The summed E-state index contributed by atoms with van der Waals surface area (Å²) in [5.74, 6) is -0.270. The lowest BCUT2D eigenvalue weighted by molar-refractivity contribution is 0.0693. The zero-order valence-corrected chi connectivity index (χ0v) is 11.7. The summed E-state index contributed by atoms with van der Waals surface area (Å²) in [6, 6.07) is 3.91. The molecule has 0 amide bonds. The zero-order valence-electron chi connectivity index (χ0n) is 10.1. The molecule has 2 aromatic heterocycles. The second kappa shape index (κ2) is 5.07. The maximum absolute atomic E-state index is 11.2. The molecule has 2 heterocycles. The van der Waals surface area contributed by atoms with E-state index < -0.39 is 5.97 Å². The second-order valence-electron chi connectivity index (χ2n) is 4.15. The highest BCUT2D eigenvalue weighted by Gasteiger charge is 2.19. The number of nitrogens with one attached hydrogen (secondary N) is 1. The third-order valence-electron chi connectivity index (χ3n) is 2.87. The number of aromatic nitrogens is 2. The molecule has 0 aromatic carbocycles. The first-order valence-corrected chi connectivity index (χ1v) is 6.40. The van der Waals surface area contributed by atoms with Gasteiger partial charge in [-0.3, -0.25) is 0 Å². The quantitative estimate of drug-likeness (QED) is 0.905. The lowest BCUT2D eigenvalue weighted by atomic mass is 10.2. The Morgan fingerprint density at radius 2 is 2.39 bits per heavy atom. The number of rotatable bonds is 4. The Morgan fingerprint density at radius 3 is 3.00 bits per heavy atom. The van der Waals surface area contributed by atoms with Gasteiger partial charge >= 0.3 is 5.97 Å². The number of hydrogen-bond donors (Lipinski definition) is 2. The summed E-state index contributed by atoms with van der Waals surface area (Å²) < 4.78 is 2.56. The average Bonchev–Trinajstić information content (AvgIpc) is 2.70. The molecule has 0 fully saturated rings. The molecule has 2 rings (SSSR count). The van der Waals surface area contributed by atoms with Gasteiger partial charge in [-0.15, -0.1) is 0 Å². The fourth-order valence-corrected chi connectivity index (χ4v) is 2.36. The van der Waals surface area contributed by atoms with Crippen molar-refractivity contribution in [1.82, 2.24) is 14.7 Å². The highest BCUT2D eigenvalue weighted by atomic mass is 79.9. The topological polar surface area (TPSA) is 66.6 Å². The summed E-state index contributed by atoms with van der Waals surface area (Å²) in [5.41, 5.74) is 0.684. The Bertz CT molecular complexity index is 594. The van der Waals surface area contributed by atoms with Crippen LogP contribution in [-0.2, 0) is 6.42 Å². The number of carboxylic acids is 1. The van der Waals surface area contributed by atoms with Gasteiger partial charge < -0.3 is 14.8 Å². The predicted molar refractivity (Wildman–Crippen MR) is 72.1 cm³/mol. The molecule has 0 aliphatic rings. The van der Waals surface area contributed by atoms with Crippen molar-refractivity contribution < 1.29 is 9.90 Å². The van der Waals surface area contributed by atoms with Gasteiger partial charge in [0.05, 0.1) is 5.52 Å². The van der Waals surface area contributed by atoms with Crippen molar-refractivity contribution in [3.8, 4) is 0 Å². The Morgan fingerprint density at radius 1 is 1.67 bits per heavy atom. The standard InChI is InChI=1S/C12H14BrN3O2/c1-7(14-2)6-9-15-10(12(17)18)11-8(13)4-3-5-16(9)11/h3-5,7,14H,6H2,1-2H3,(H,17,18). The predicted octanol–water partition coefficient (Wildman–Crippen LogP) is 1.95. The van der Waals surface area contributed by atoms with E-state index in [1.165, 1.54) is 0 Å². The molecule has 0 bridgehead atoms. The van der Waals surface area contributed by atoms with Crippen molar-refractivity contribution in [2.75, 3.05) is 7.05 Å². The molecule has 5 nitrogen and oxygen atoms in total. The van der Waals surface area contributed by atoms with E-state index in [4.69, 9.17) is 0 Å². The number of fused-ring (bicyclic) bond motifs is 1. The first-order chi connectivity index (χ1) is 8.54. The van der Waals surface area contributed by atoms with Crippen LogP contribution in [0.4, 0.5) is 0 Å². The van der Waals surface area contributed by atoms with Crippen molar-refractivity contribution in [2.45, 2.75) is 19.4 Å². The number of hydrogen-bond acceptors (Lipinski definition) is 3. The highest BCUT2D eigenvalue weighted by Crippen LogP contribution is 2.23. The molecule has 18 heavy (non-hydrogen) atoms. The van der Waals surface area contributed by atoms with E-state index in [9.17, 15) is 9.90 Å². The third kappa shape index (κ3) is 2.26. The molecular weight excluding hydrogens is 298 g/mol. The Balaban J connectivity index is 2.61. The highest BCUT2D eigenvalue weighted by molar-refractivity contribution is 9.10. The van der Waals surface area contributed by atoms with E-state index in [1.54, 1.807) is 0 Å².